The summed E-state index contributed by atoms with van der Waals surface area (Å²) in [5.74, 6) is -0.549. The van der Waals surface area contributed by atoms with Crippen molar-refractivity contribution in [3.63, 3.8) is 0 Å². The molecule has 10 nitrogen and oxygen atoms in total. The zero-order valence-corrected chi connectivity index (χ0v) is 15.7. The summed E-state index contributed by atoms with van der Waals surface area (Å²) in [5, 5.41) is 0. The maximum absolute atomic E-state index is 12.6. The Morgan fingerprint density at radius 1 is 1.19 bits per heavy atom. The maximum Gasteiger partial charge on any atom is 0.332 e. The number of fused-ring (bicyclic) bond motifs is 1. The molecule has 3 heterocycles. The molecule has 1 aliphatic heterocycles. The van der Waals surface area contributed by atoms with Gasteiger partial charge in [0.05, 0.1) is 18.9 Å². The van der Waals surface area contributed by atoms with Gasteiger partial charge in [-0.25, -0.2) is 9.78 Å². The van der Waals surface area contributed by atoms with Gasteiger partial charge < -0.3 is 14.2 Å². The first-order valence-corrected chi connectivity index (χ1v) is 8.90. The minimum atomic E-state index is -0.487. The molecule has 0 aromatic carbocycles. The molecule has 1 saturated heterocycles. The van der Waals surface area contributed by atoms with E-state index in [0.717, 1.165) is 4.57 Å². The molecule has 1 aliphatic rings. The number of ether oxygens (including phenoxy) is 1. The fraction of sp³-hybridized carbons (Fsp3) is 0.588. The molecule has 0 radical (unpaired) electrons. The fourth-order valence-corrected chi connectivity index (χ4v) is 3.39. The molecule has 0 saturated carbocycles. The van der Waals surface area contributed by atoms with Crippen LogP contribution in [0.3, 0.4) is 0 Å². The molecule has 0 aliphatic carbocycles. The van der Waals surface area contributed by atoms with Gasteiger partial charge in [-0.2, -0.15) is 0 Å². The van der Waals surface area contributed by atoms with Crippen LogP contribution in [0.1, 0.15) is 19.8 Å². The summed E-state index contributed by atoms with van der Waals surface area (Å²) in [6.07, 6.45) is 2.52. The van der Waals surface area contributed by atoms with Crippen LogP contribution < -0.4 is 11.2 Å². The molecule has 0 atom stereocenters. The van der Waals surface area contributed by atoms with Crippen LogP contribution in [0.25, 0.3) is 11.2 Å². The molecule has 1 amide bonds. The third-order valence-corrected chi connectivity index (χ3v) is 4.99. The molecule has 1 fully saturated rings. The molecule has 146 valence electrons. The second-order valence-corrected chi connectivity index (χ2v) is 6.66. The van der Waals surface area contributed by atoms with Crippen LogP contribution in [0.2, 0.25) is 0 Å². The Balaban J connectivity index is 1.75. The lowest BCUT2D eigenvalue weighted by Crippen LogP contribution is -2.42. The lowest BCUT2D eigenvalue weighted by molar-refractivity contribution is -0.151. The van der Waals surface area contributed by atoms with Gasteiger partial charge in [-0.05, 0) is 19.8 Å². The topological polar surface area (TPSA) is 108 Å². The third-order valence-electron chi connectivity index (χ3n) is 4.99. The van der Waals surface area contributed by atoms with Gasteiger partial charge in [-0.3, -0.25) is 23.5 Å². The molecule has 2 aromatic heterocycles. The zero-order chi connectivity index (χ0) is 19.7. The Morgan fingerprint density at radius 2 is 1.85 bits per heavy atom. The summed E-state index contributed by atoms with van der Waals surface area (Å²) >= 11 is 0. The lowest BCUT2D eigenvalue weighted by atomic mass is 9.97. The second kappa shape index (κ2) is 7.37. The van der Waals surface area contributed by atoms with Crippen molar-refractivity contribution in [3.05, 3.63) is 27.2 Å². The van der Waals surface area contributed by atoms with Crippen molar-refractivity contribution >= 4 is 23.0 Å². The van der Waals surface area contributed by atoms with Crippen molar-refractivity contribution in [3.8, 4) is 0 Å². The van der Waals surface area contributed by atoms with Crippen LogP contribution in [0.15, 0.2) is 15.9 Å². The summed E-state index contributed by atoms with van der Waals surface area (Å²) in [7, 11) is 2.92. The molecule has 0 bridgehead atoms. The number of amides is 1. The number of carbonyl (C=O) groups excluding carboxylic acids is 2. The highest BCUT2D eigenvalue weighted by molar-refractivity contribution is 5.79. The number of esters is 1. The van der Waals surface area contributed by atoms with E-state index in [1.807, 2.05) is 0 Å². The van der Waals surface area contributed by atoms with E-state index in [4.69, 9.17) is 4.74 Å². The van der Waals surface area contributed by atoms with Gasteiger partial charge in [-0.15, -0.1) is 0 Å². The van der Waals surface area contributed by atoms with E-state index in [9.17, 15) is 19.2 Å². The molecule has 10 heteroatoms. The monoisotopic (exact) mass is 377 g/mol. The smallest absolute Gasteiger partial charge is 0.332 e. The van der Waals surface area contributed by atoms with Crippen LogP contribution in [0.4, 0.5) is 0 Å². The normalized spacial score (nSPS) is 15.3. The van der Waals surface area contributed by atoms with E-state index < -0.39 is 11.2 Å². The standard InChI is InChI=1S/C17H23N5O5/c1-4-27-16(25)11-5-7-21(8-6-11)12(23)9-22-10-18-14-13(22)15(24)20(3)17(26)19(14)2/h10-11H,4-9H2,1-3H3. The van der Waals surface area contributed by atoms with Gasteiger partial charge in [0.15, 0.2) is 11.2 Å². The van der Waals surface area contributed by atoms with Gasteiger partial charge in [0, 0.05) is 27.2 Å². The van der Waals surface area contributed by atoms with Crippen molar-refractivity contribution in [2.75, 3.05) is 19.7 Å². The van der Waals surface area contributed by atoms with Crippen LogP contribution in [0.5, 0.6) is 0 Å². The highest BCUT2D eigenvalue weighted by Gasteiger charge is 2.28. The van der Waals surface area contributed by atoms with Crippen LogP contribution >= 0.6 is 0 Å². The lowest BCUT2D eigenvalue weighted by Gasteiger charge is -2.31. The van der Waals surface area contributed by atoms with E-state index in [1.54, 1.807) is 11.8 Å². The van der Waals surface area contributed by atoms with E-state index in [0.29, 0.717) is 32.5 Å². The van der Waals surface area contributed by atoms with Gasteiger partial charge in [0.1, 0.15) is 6.54 Å². The van der Waals surface area contributed by atoms with E-state index in [2.05, 4.69) is 4.98 Å². The summed E-state index contributed by atoms with van der Waals surface area (Å²) < 4.78 is 8.78. The first-order valence-electron chi connectivity index (χ1n) is 8.90. The average Bonchev–Trinajstić information content (AvgIpc) is 3.08. The quantitative estimate of drug-likeness (QED) is 0.648. The predicted octanol–water partition coefficient (Wildman–Crippen LogP) is -0.765. The minimum Gasteiger partial charge on any atom is -0.466 e. The van der Waals surface area contributed by atoms with E-state index in [1.165, 1.54) is 29.6 Å². The van der Waals surface area contributed by atoms with Crippen molar-refractivity contribution in [1.29, 1.82) is 0 Å². The van der Waals surface area contributed by atoms with Crippen molar-refractivity contribution < 1.29 is 14.3 Å². The first-order chi connectivity index (χ1) is 12.8. The number of rotatable bonds is 4. The predicted molar refractivity (Wildman–Crippen MR) is 96.2 cm³/mol. The molecule has 3 rings (SSSR count). The second-order valence-electron chi connectivity index (χ2n) is 6.66. The van der Waals surface area contributed by atoms with E-state index >= 15 is 0 Å². The fourth-order valence-electron chi connectivity index (χ4n) is 3.39. The first kappa shape index (κ1) is 18.9. The third kappa shape index (κ3) is 3.38. The van der Waals surface area contributed by atoms with Crippen molar-refractivity contribution in [2.45, 2.75) is 26.3 Å². The number of hydrogen-bond acceptors (Lipinski definition) is 6. The van der Waals surface area contributed by atoms with Crippen molar-refractivity contribution in [2.24, 2.45) is 20.0 Å². The van der Waals surface area contributed by atoms with Gasteiger partial charge in [0.25, 0.3) is 5.56 Å². The Hall–Kier alpha value is -2.91. The summed E-state index contributed by atoms with van der Waals surface area (Å²) in [5.41, 5.74) is -0.490. The molecule has 0 unspecified atom stereocenters. The van der Waals surface area contributed by atoms with Gasteiger partial charge >= 0.3 is 11.7 Å². The summed E-state index contributed by atoms with van der Waals surface area (Å²) in [6.45, 7) is 3.00. The van der Waals surface area contributed by atoms with E-state index in [-0.39, 0.29) is 35.5 Å². The number of carbonyl (C=O) groups is 2. The molecular formula is C17H23N5O5. The highest BCUT2D eigenvalue weighted by Crippen LogP contribution is 2.19. The molecule has 27 heavy (non-hydrogen) atoms. The number of aromatic nitrogens is 4. The SMILES string of the molecule is CCOC(=O)C1CCN(C(=O)Cn2cnc3c2c(=O)n(C)c(=O)n3C)CC1. The molecule has 0 spiro atoms. The summed E-state index contributed by atoms with van der Waals surface area (Å²) in [4.78, 5) is 54.6. The Labute approximate surface area is 155 Å². The Kier molecular flexibility index (Phi) is 5.15. The Morgan fingerprint density at radius 3 is 2.48 bits per heavy atom. The van der Waals surface area contributed by atoms with Crippen LogP contribution in [-0.2, 0) is 35.0 Å². The Bertz CT molecular complexity index is 994. The number of aryl methyl sites for hydroxylation is 1. The summed E-state index contributed by atoms with van der Waals surface area (Å²) in [6, 6.07) is 0. The molecule has 0 N–H and O–H groups in total. The van der Waals surface area contributed by atoms with Crippen LogP contribution in [-0.4, -0.2) is 55.2 Å². The number of hydrogen-bond donors (Lipinski definition) is 0. The number of imidazole rings is 1. The maximum atomic E-state index is 12.6. The number of likely N-dealkylation sites (tertiary alicyclic amines) is 1. The number of piperidine rings is 1. The largest absolute Gasteiger partial charge is 0.466 e. The van der Waals surface area contributed by atoms with Gasteiger partial charge in [-0.1, -0.05) is 0 Å². The molecular weight excluding hydrogens is 354 g/mol. The highest BCUT2D eigenvalue weighted by atomic mass is 16.5. The van der Waals surface area contributed by atoms with Gasteiger partial charge in [0.2, 0.25) is 5.91 Å². The zero-order valence-electron chi connectivity index (χ0n) is 15.7. The van der Waals surface area contributed by atoms with Crippen molar-refractivity contribution in [1.82, 2.24) is 23.6 Å². The minimum absolute atomic E-state index is 0.0476. The van der Waals surface area contributed by atoms with Crippen LogP contribution in [0, 0.1) is 5.92 Å². The average molecular weight is 377 g/mol. The molecule has 2 aromatic rings. The number of nitrogens with zero attached hydrogens (tertiary/aromatic N) is 5.